The highest BCUT2D eigenvalue weighted by atomic mass is 15.1. The number of H-pyrrole nitrogens is 2. The van der Waals surface area contributed by atoms with E-state index >= 15 is 0 Å². The van der Waals surface area contributed by atoms with Crippen LogP contribution in [0.15, 0.2) is 170 Å². The fourth-order valence-corrected chi connectivity index (χ4v) is 12.6. The summed E-state index contributed by atoms with van der Waals surface area (Å²) >= 11 is 0. The van der Waals surface area contributed by atoms with E-state index in [-0.39, 0.29) is 0 Å². The van der Waals surface area contributed by atoms with Gasteiger partial charge in [0, 0.05) is 44.5 Å². The minimum absolute atomic E-state index is 0.456. The van der Waals surface area contributed by atoms with Gasteiger partial charge in [0.25, 0.3) is 0 Å². The summed E-state index contributed by atoms with van der Waals surface area (Å²) in [6.45, 7) is 27.2. The molecule has 80 heavy (non-hydrogen) atoms. The number of rotatable bonds is 4. The van der Waals surface area contributed by atoms with E-state index < -0.39 is 21.7 Å². The lowest BCUT2D eigenvalue weighted by Gasteiger charge is -2.23. The predicted molar refractivity (Wildman–Crippen MR) is 334 cm³/mol. The van der Waals surface area contributed by atoms with Crippen LogP contribution in [0.4, 0.5) is 0 Å². The van der Waals surface area contributed by atoms with E-state index in [0.717, 1.165) is 110 Å². The first-order valence-electron chi connectivity index (χ1n) is 28.0. The Hall–Kier alpha value is -8.88. The van der Waals surface area contributed by atoms with Gasteiger partial charge >= 0.3 is 0 Å². The second-order valence-corrected chi connectivity index (χ2v) is 25.7. The molecule has 8 aromatic carbocycles. The van der Waals surface area contributed by atoms with Gasteiger partial charge in [0.15, 0.2) is 23.3 Å². The molecule has 0 fully saturated rings. The molecule has 0 radical (unpaired) electrons. The summed E-state index contributed by atoms with van der Waals surface area (Å²) in [4.78, 5) is 42.8. The Kier molecular flexibility index (Phi) is 11.6. The number of aromatic amines is 2. The number of allylic oxidation sites excluding steroid dienone is 2. The van der Waals surface area contributed by atoms with Gasteiger partial charge < -0.3 is 9.97 Å². The Balaban J connectivity index is 1.31. The number of aromatic nitrogens is 8. The van der Waals surface area contributed by atoms with Crippen molar-refractivity contribution in [1.29, 1.82) is 0 Å². The molecular weight excluding hydrogens is 977 g/mol. The normalized spacial score (nSPS) is 13.7. The molecule has 3 aromatic heterocycles. The molecular formula is C72H66N8. The van der Waals surface area contributed by atoms with Gasteiger partial charge in [0.2, 0.25) is 0 Å². The standard InChI is InChI=1S/C72H66N8/c1-69(2,3)57-53(49-37-21-29-41-25-13-17-33-45(41)49)61-73-65(57)77-62-54(50-38-22-30-42-26-14-18-34-46(42)50)58(70(4,5)6)67(74-62)79-64-56(52-40-24-32-44-28-16-20-36-48(44)52)60(72(10,11)12)68(76-64)80-63-55(59(71(7,8)9)66(75-63)78-61)51-39-23-31-43-27-15-19-35-47(43)51/h13-40H,1-12H3,(H2,73,74,75,76,77,78,79,80). The zero-order valence-electron chi connectivity index (χ0n) is 47.8. The Bertz CT molecular complexity index is 4310. The Morgan fingerprint density at radius 2 is 0.537 bits per heavy atom. The molecule has 5 heterocycles. The van der Waals surface area contributed by atoms with Crippen molar-refractivity contribution in [2.45, 2.75) is 93.9 Å². The highest BCUT2D eigenvalue weighted by Crippen LogP contribution is 2.50. The van der Waals surface area contributed by atoms with Crippen molar-refractivity contribution in [3.8, 4) is 22.3 Å². The lowest BCUT2D eigenvalue weighted by Crippen LogP contribution is -2.13. The summed E-state index contributed by atoms with van der Waals surface area (Å²) in [7, 11) is 0. The van der Waals surface area contributed by atoms with Gasteiger partial charge in [0.05, 0.1) is 0 Å². The van der Waals surface area contributed by atoms with Gasteiger partial charge in [0.1, 0.15) is 22.6 Å². The van der Waals surface area contributed by atoms with Crippen LogP contribution in [-0.4, -0.2) is 39.9 Å². The second kappa shape index (κ2) is 18.3. The van der Waals surface area contributed by atoms with Crippen molar-refractivity contribution in [3.63, 3.8) is 0 Å². The molecule has 0 aliphatic carbocycles. The Morgan fingerprint density at radius 1 is 0.263 bits per heavy atom. The van der Waals surface area contributed by atoms with Crippen LogP contribution in [0, 0.1) is 10.8 Å². The summed E-state index contributed by atoms with van der Waals surface area (Å²) in [5, 5.41) is 8.98. The summed E-state index contributed by atoms with van der Waals surface area (Å²) in [5.74, 6) is 2.32. The zero-order chi connectivity index (χ0) is 55.6. The van der Waals surface area contributed by atoms with Crippen LogP contribution < -0.4 is 0 Å². The summed E-state index contributed by atoms with van der Waals surface area (Å²) in [6.07, 6.45) is 0. The van der Waals surface area contributed by atoms with Crippen molar-refractivity contribution < 1.29 is 0 Å². The first-order chi connectivity index (χ1) is 38.2. The SMILES string of the molecule is CC(C)(C)C1=C(c2cccc3ccccc23)c2nc1nc1[nH]c(nc3nc(nc4[nH]c(n2)c(C(C)(C)C)c4-c2cccc4ccccc24)C(C(C)(C)C)=C3c2cccc3ccccc23)c(C(C)(C)C)c1-c1cccc2ccccc12. The number of benzene rings is 8. The van der Waals surface area contributed by atoms with E-state index in [0.29, 0.717) is 45.9 Å². The van der Waals surface area contributed by atoms with Crippen LogP contribution in [0.3, 0.4) is 0 Å². The van der Waals surface area contributed by atoms with Crippen LogP contribution in [0.5, 0.6) is 0 Å². The van der Waals surface area contributed by atoms with E-state index in [1.807, 2.05) is 0 Å². The molecule has 11 aromatic rings. The fourth-order valence-electron chi connectivity index (χ4n) is 12.6. The summed E-state index contributed by atoms with van der Waals surface area (Å²) < 4.78 is 0. The second-order valence-electron chi connectivity index (χ2n) is 25.7. The quantitative estimate of drug-likeness (QED) is 0.182. The van der Waals surface area contributed by atoms with Gasteiger partial charge in [-0.15, -0.1) is 0 Å². The average molecular weight is 1040 g/mol. The topological polar surface area (TPSA) is 109 Å². The minimum atomic E-state index is -0.468. The van der Waals surface area contributed by atoms with E-state index in [2.05, 4.69) is 263 Å². The number of fused-ring (bicyclic) bond motifs is 12. The molecule has 0 atom stereocenters. The molecule has 0 spiro atoms. The van der Waals surface area contributed by atoms with Crippen molar-refractivity contribution in [3.05, 3.63) is 215 Å². The van der Waals surface area contributed by atoms with Gasteiger partial charge in [-0.2, -0.15) is 0 Å². The van der Waals surface area contributed by atoms with E-state index in [1.165, 1.54) is 0 Å². The van der Waals surface area contributed by atoms with E-state index in [9.17, 15) is 0 Å². The smallest absolute Gasteiger partial charge is 0.165 e. The minimum Gasteiger partial charge on any atom is -0.324 e. The first kappa shape index (κ1) is 50.6. The molecule has 8 bridgehead atoms. The fraction of sp³-hybridized carbons (Fsp3) is 0.222. The number of hydrogen-bond donors (Lipinski definition) is 2. The van der Waals surface area contributed by atoms with Gasteiger partial charge in [-0.25, -0.2) is 29.9 Å². The molecule has 2 N–H and O–H groups in total. The Morgan fingerprint density at radius 3 is 0.850 bits per heavy atom. The monoisotopic (exact) mass is 1040 g/mol. The van der Waals surface area contributed by atoms with E-state index in [1.54, 1.807) is 0 Å². The predicted octanol–water partition coefficient (Wildman–Crippen LogP) is 18.4. The third kappa shape index (κ3) is 8.42. The van der Waals surface area contributed by atoms with Crippen molar-refractivity contribution in [2.24, 2.45) is 10.8 Å². The summed E-state index contributed by atoms with van der Waals surface area (Å²) in [5.41, 5.74) is 12.8. The first-order valence-corrected chi connectivity index (χ1v) is 28.0. The average Bonchev–Trinajstić information content (AvgIpc) is 4.36. The van der Waals surface area contributed by atoms with Crippen LogP contribution in [0.25, 0.3) is 110 Å². The molecule has 0 unspecified atom stereocenters. The third-order valence-electron chi connectivity index (χ3n) is 15.8. The number of nitrogens with zero attached hydrogens (tertiary/aromatic N) is 6. The van der Waals surface area contributed by atoms with Crippen molar-refractivity contribution in [2.75, 3.05) is 0 Å². The lowest BCUT2D eigenvalue weighted by molar-refractivity contribution is 0.565. The highest BCUT2D eigenvalue weighted by Gasteiger charge is 2.38. The molecule has 2 aliphatic heterocycles. The summed E-state index contributed by atoms with van der Waals surface area (Å²) in [6, 6.07) is 60.6. The molecule has 0 saturated heterocycles. The highest BCUT2D eigenvalue weighted by molar-refractivity contribution is 6.10. The maximum absolute atomic E-state index is 5.87. The van der Waals surface area contributed by atoms with E-state index in [4.69, 9.17) is 29.9 Å². The largest absolute Gasteiger partial charge is 0.324 e. The van der Waals surface area contributed by atoms with Crippen LogP contribution in [-0.2, 0) is 10.8 Å². The number of hydrogen-bond acceptors (Lipinski definition) is 6. The molecule has 8 nitrogen and oxygen atoms in total. The van der Waals surface area contributed by atoms with Gasteiger partial charge in [-0.1, -0.05) is 253 Å². The lowest BCUT2D eigenvalue weighted by atomic mass is 9.80. The maximum Gasteiger partial charge on any atom is 0.165 e. The molecule has 0 amide bonds. The van der Waals surface area contributed by atoms with Crippen LogP contribution >= 0.6 is 0 Å². The molecule has 0 saturated carbocycles. The van der Waals surface area contributed by atoms with Crippen LogP contribution in [0.2, 0.25) is 0 Å². The van der Waals surface area contributed by atoms with Gasteiger partial charge in [-0.05, 0) is 87.0 Å². The Labute approximate surface area is 467 Å². The van der Waals surface area contributed by atoms with Crippen molar-refractivity contribution >= 4 is 88.0 Å². The molecule has 8 heteroatoms. The third-order valence-corrected chi connectivity index (χ3v) is 15.8. The van der Waals surface area contributed by atoms with Crippen molar-refractivity contribution in [1.82, 2.24) is 39.9 Å². The van der Waals surface area contributed by atoms with Crippen LogP contribution in [0.1, 0.15) is 129 Å². The molecule has 13 rings (SSSR count). The molecule has 394 valence electrons. The zero-order valence-corrected chi connectivity index (χ0v) is 47.8. The number of nitrogens with one attached hydrogen (secondary N) is 2. The molecule has 2 aliphatic rings. The van der Waals surface area contributed by atoms with Gasteiger partial charge in [-0.3, -0.25) is 0 Å². The maximum atomic E-state index is 5.87.